The molecule has 3 rings (SSSR count). The lowest BCUT2D eigenvalue weighted by Crippen LogP contribution is -2.22. The first-order valence-electron chi connectivity index (χ1n) is 8.11. The topological polar surface area (TPSA) is 29.1 Å². The van der Waals surface area contributed by atoms with E-state index in [9.17, 15) is 13.6 Å². The average molecular weight is 369 g/mol. The number of amides is 1. The summed E-state index contributed by atoms with van der Waals surface area (Å²) in [5, 5.41) is 2.46. The van der Waals surface area contributed by atoms with Crippen LogP contribution < -0.4 is 5.32 Å². The van der Waals surface area contributed by atoms with Gasteiger partial charge in [0.25, 0.3) is 0 Å². The molecule has 0 saturated carbocycles. The Kier molecular flexibility index (Phi) is 5.68. The predicted molar refractivity (Wildman–Crippen MR) is 102 cm³/mol. The number of para-hydroxylation sites is 1. The van der Waals surface area contributed by atoms with Crippen molar-refractivity contribution in [3.63, 3.8) is 0 Å². The van der Waals surface area contributed by atoms with Crippen molar-refractivity contribution in [1.29, 1.82) is 0 Å². The van der Waals surface area contributed by atoms with Gasteiger partial charge in [-0.1, -0.05) is 48.5 Å². The minimum absolute atomic E-state index is 0.205. The maximum atomic E-state index is 13.3. The molecule has 0 bridgehead atoms. The minimum Gasteiger partial charge on any atom is -0.325 e. The summed E-state index contributed by atoms with van der Waals surface area (Å²) in [6.07, 6.45) is 0. The molecule has 3 aromatic rings. The van der Waals surface area contributed by atoms with Gasteiger partial charge < -0.3 is 5.32 Å². The molecule has 1 N–H and O–H groups in total. The van der Waals surface area contributed by atoms with E-state index in [1.165, 1.54) is 17.8 Å². The molecule has 132 valence electrons. The van der Waals surface area contributed by atoms with Crippen LogP contribution in [0.3, 0.4) is 0 Å². The number of thioether (sulfide) groups is 1. The van der Waals surface area contributed by atoms with E-state index in [0.29, 0.717) is 10.6 Å². The quantitative estimate of drug-likeness (QED) is 0.580. The fourth-order valence-electron chi connectivity index (χ4n) is 2.50. The summed E-state index contributed by atoms with van der Waals surface area (Å²) < 4.78 is 26.4. The number of carbonyl (C=O) groups excluding carboxylic acids is 1. The molecule has 0 fully saturated rings. The number of halogens is 2. The van der Waals surface area contributed by atoms with E-state index in [0.717, 1.165) is 23.3 Å². The van der Waals surface area contributed by atoms with Gasteiger partial charge in [-0.3, -0.25) is 4.79 Å². The van der Waals surface area contributed by atoms with E-state index in [2.05, 4.69) is 5.32 Å². The Morgan fingerprint density at radius 2 is 1.62 bits per heavy atom. The molecule has 0 unspecified atom stereocenters. The normalized spacial score (nSPS) is 11.8. The smallest absolute Gasteiger partial charge is 0.237 e. The number of rotatable bonds is 5. The molecule has 0 aliphatic heterocycles. The minimum atomic E-state index is -0.919. The summed E-state index contributed by atoms with van der Waals surface area (Å²) in [6, 6.07) is 20.9. The van der Waals surface area contributed by atoms with Crippen LogP contribution in [0.5, 0.6) is 0 Å². The number of hydrogen-bond donors (Lipinski definition) is 1. The molecule has 0 saturated heterocycles. The first-order chi connectivity index (χ1) is 12.5. The summed E-state index contributed by atoms with van der Waals surface area (Å²) in [6.45, 7) is 1.73. The highest BCUT2D eigenvalue weighted by atomic mass is 32.2. The monoisotopic (exact) mass is 369 g/mol. The molecule has 1 atom stereocenters. The number of anilines is 1. The van der Waals surface area contributed by atoms with Gasteiger partial charge in [0.1, 0.15) is 0 Å². The van der Waals surface area contributed by atoms with Crippen LogP contribution in [-0.4, -0.2) is 11.2 Å². The molecule has 1 amide bonds. The molecule has 2 nitrogen and oxygen atoms in total. The number of benzene rings is 3. The highest BCUT2D eigenvalue weighted by Crippen LogP contribution is 2.30. The molecule has 0 heterocycles. The summed E-state index contributed by atoms with van der Waals surface area (Å²) in [7, 11) is 0. The molecular formula is C21H17F2NOS. The summed E-state index contributed by atoms with van der Waals surface area (Å²) >= 11 is 1.18. The molecule has 0 spiro atoms. The zero-order valence-corrected chi connectivity index (χ0v) is 14.9. The van der Waals surface area contributed by atoms with Crippen molar-refractivity contribution < 1.29 is 13.6 Å². The summed E-state index contributed by atoms with van der Waals surface area (Å²) in [5.41, 5.74) is 2.64. The van der Waals surface area contributed by atoms with Crippen molar-refractivity contribution in [2.24, 2.45) is 0 Å². The fraction of sp³-hybridized carbons (Fsp3) is 0.0952. The third-order valence-electron chi connectivity index (χ3n) is 3.84. The van der Waals surface area contributed by atoms with Crippen molar-refractivity contribution in [2.75, 3.05) is 5.32 Å². The molecule has 0 aliphatic carbocycles. The van der Waals surface area contributed by atoms with Gasteiger partial charge in [0.2, 0.25) is 5.91 Å². The Morgan fingerprint density at radius 3 is 2.35 bits per heavy atom. The molecule has 0 aliphatic rings. The number of nitrogens with one attached hydrogen (secondary N) is 1. The molecule has 0 radical (unpaired) electrons. The van der Waals surface area contributed by atoms with E-state index in [4.69, 9.17) is 0 Å². The van der Waals surface area contributed by atoms with Crippen LogP contribution >= 0.6 is 11.8 Å². The van der Waals surface area contributed by atoms with Crippen molar-refractivity contribution in [3.8, 4) is 11.1 Å². The molecule has 3 aromatic carbocycles. The van der Waals surface area contributed by atoms with Crippen LogP contribution in [0.25, 0.3) is 11.1 Å². The van der Waals surface area contributed by atoms with Crippen molar-refractivity contribution in [3.05, 3.63) is 84.4 Å². The molecule has 26 heavy (non-hydrogen) atoms. The molecule has 5 heteroatoms. The number of carbonyl (C=O) groups is 1. The summed E-state index contributed by atoms with van der Waals surface area (Å²) in [5.74, 6) is -2.02. The standard InChI is InChI=1S/C21H17F2NOS/c1-14(26-16-11-12-18(22)19(23)13-16)21(25)24-20-10-6-5-9-17(20)15-7-3-2-4-8-15/h2-14H,1H3,(H,24,25)/t14-/m1/s1. The Balaban J connectivity index is 1.74. The van der Waals surface area contributed by atoms with E-state index in [1.807, 2.05) is 54.6 Å². The van der Waals surface area contributed by atoms with E-state index in [-0.39, 0.29) is 5.91 Å². The van der Waals surface area contributed by atoms with Gasteiger partial charge in [-0.2, -0.15) is 0 Å². The van der Waals surface area contributed by atoms with Gasteiger partial charge in [-0.15, -0.1) is 11.8 Å². The molecular weight excluding hydrogens is 352 g/mol. The first-order valence-corrected chi connectivity index (χ1v) is 8.99. The lowest BCUT2D eigenvalue weighted by Gasteiger charge is -2.15. The van der Waals surface area contributed by atoms with Gasteiger partial charge in [0.15, 0.2) is 11.6 Å². The van der Waals surface area contributed by atoms with E-state index >= 15 is 0 Å². The van der Waals surface area contributed by atoms with Crippen LogP contribution in [0.15, 0.2) is 77.7 Å². The lowest BCUT2D eigenvalue weighted by molar-refractivity contribution is -0.115. The van der Waals surface area contributed by atoms with Gasteiger partial charge in [-0.25, -0.2) is 8.78 Å². The van der Waals surface area contributed by atoms with Crippen molar-refractivity contribution in [1.82, 2.24) is 0 Å². The van der Waals surface area contributed by atoms with Crippen LogP contribution in [0.4, 0.5) is 14.5 Å². The zero-order chi connectivity index (χ0) is 18.5. The Labute approximate surface area is 155 Å². The number of hydrogen-bond acceptors (Lipinski definition) is 2. The van der Waals surface area contributed by atoms with Crippen LogP contribution in [0, 0.1) is 11.6 Å². The largest absolute Gasteiger partial charge is 0.325 e. The Bertz CT molecular complexity index is 915. The van der Waals surface area contributed by atoms with Gasteiger partial charge >= 0.3 is 0 Å². The second kappa shape index (κ2) is 8.15. The van der Waals surface area contributed by atoms with Crippen LogP contribution in [-0.2, 0) is 4.79 Å². The van der Waals surface area contributed by atoms with Crippen molar-refractivity contribution >= 4 is 23.4 Å². The highest BCUT2D eigenvalue weighted by molar-refractivity contribution is 8.00. The molecule has 0 aromatic heterocycles. The fourth-order valence-corrected chi connectivity index (χ4v) is 3.40. The third kappa shape index (κ3) is 4.29. The predicted octanol–water partition coefficient (Wildman–Crippen LogP) is 5.75. The SMILES string of the molecule is C[C@@H](Sc1ccc(F)c(F)c1)C(=O)Nc1ccccc1-c1ccccc1. The second-order valence-corrected chi connectivity index (χ2v) is 7.15. The zero-order valence-electron chi connectivity index (χ0n) is 14.1. The van der Waals surface area contributed by atoms with E-state index < -0.39 is 16.9 Å². The second-order valence-electron chi connectivity index (χ2n) is 5.74. The van der Waals surface area contributed by atoms with Gasteiger partial charge in [0, 0.05) is 16.1 Å². The lowest BCUT2D eigenvalue weighted by atomic mass is 10.0. The van der Waals surface area contributed by atoms with Gasteiger partial charge in [0.05, 0.1) is 5.25 Å². The van der Waals surface area contributed by atoms with Crippen LogP contribution in [0.1, 0.15) is 6.92 Å². The highest BCUT2D eigenvalue weighted by Gasteiger charge is 2.17. The maximum Gasteiger partial charge on any atom is 0.237 e. The maximum absolute atomic E-state index is 13.3. The van der Waals surface area contributed by atoms with Crippen LogP contribution in [0.2, 0.25) is 0 Å². The Hall–Kier alpha value is -2.66. The Morgan fingerprint density at radius 1 is 0.923 bits per heavy atom. The third-order valence-corrected chi connectivity index (χ3v) is 4.94. The average Bonchev–Trinajstić information content (AvgIpc) is 2.66. The van der Waals surface area contributed by atoms with E-state index in [1.54, 1.807) is 6.92 Å². The van der Waals surface area contributed by atoms with Gasteiger partial charge in [-0.05, 0) is 36.8 Å². The summed E-state index contributed by atoms with van der Waals surface area (Å²) in [4.78, 5) is 13.1. The first kappa shape index (κ1) is 18.1. The van der Waals surface area contributed by atoms with Crippen molar-refractivity contribution in [2.45, 2.75) is 17.1 Å².